The maximum absolute atomic E-state index is 13.6. The van der Waals surface area contributed by atoms with Crippen molar-refractivity contribution < 1.29 is 14.2 Å². The van der Waals surface area contributed by atoms with Gasteiger partial charge in [-0.3, -0.25) is 9.69 Å². The van der Waals surface area contributed by atoms with Crippen molar-refractivity contribution in [2.75, 3.05) is 13.1 Å². The lowest BCUT2D eigenvalue weighted by Crippen LogP contribution is -2.25. The zero-order valence-electron chi connectivity index (χ0n) is 12.0. The van der Waals surface area contributed by atoms with Crippen molar-refractivity contribution in [1.82, 2.24) is 9.88 Å². The van der Waals surface area contributed by atoms with Gasteiger partial charge < -0.3 is 14.8 Å². The van der Waals surface area contributed by atoms with Crippen LogP contribution in [0.1, 0.15) is 12.1 Å². The van der Waals surface area contributed by atoms with Crippen LogP contribution in [0.15, 0.2) is 41.3 Å². The number of aromatic nitrogens is 1. The SMILES string of the molecule is O=c1cc(CN2CCC(Oc3ccccc3F)C2)[nH]cc1O. The minimum absolute atomic E-state index is 0.0688. The number of para-hydroxylation sites is 1. The van der Waals surface area contributed by atoms with Gasteiger partial charge in [-0.25, -0.2) is 4.39 Å². The molecule has 1 fully saturated rings. The summed E-state index contributed by atoms with van der Waals surface area (Å²) < 4.78 is 19.3. The summed E-state index contributed by atoms with van der Waals surface area (Å²) in [5.41, 5.74) is 0.335. The van der Waals surface area contributed by atoms with Crippen LogP contribution in [0.3, 0.4) is 0 Å². The fraction of sp³-hybridized carbons (Fsp3) is 0.312. The summed E-state index contributed by atoms with van der Waals surface area (Å²) >= 11 is 0. The number of benzene rings is 1. The van der Waals surface area contributed by atoms with E-state index >= 15 is 0 Å². The van der Waals surface area contributed by atoms with E-state index in [0.29, 0.717) is 13.1 Å². The molecule has 1 unspecified atom stereocenters. The third-order valence-corrected chi connectivity index (χ3v) is 3.71. The van der Waals surface area contributed by atoms with Gasteiger partial charge >= 0.3 is 0 Å². The van der Waals surface area contributed by atoms with Crippen LogP contribution in [0.25, 0.3) is 0 Å². The molecule has 1 aromatic carbocycles. The van der Waals surface area contributed by atoms with Gasteiger partial charge in [-0.2, -0.15) is 0 Å². The molecule has 0 spiro atoms. The van der Waals surface area contributed by atoms with Gasteiger partial charge in [0.1, 0.15) is 6.10 Å². The van der Waals surface area contributed by atoms with E-state index in [1.54, 1.807) is 18.2 Å². The molecule has 1 aliphatic heterocycles. The molecule has 2 heterocycles. The van der Waals surface area contributed by atoms with Gasteiger partial charge in [0.2, 0.25) is 5.43 Å². The summed E-state index contributed by atoms with van der Waals surface area (Å²) in [7, 11) is 0. The molecular formula is C16H17FN2O3. The Bertz CT molecular complexity index is 717. The number of aromatic amines is 1. The average Bonchev–Trinajstić information content (AvgIpc) is 2.93. The molecule has 3 rings (SSSR count). The van der Waals surface area contributed by atoms with E-state index in [9.17, 15) is 14.3 Å². The molecule has 6 heteroatoms. The van der Waals surface area contributed by atoms with Crippen molar-refractivity contribution in [2.45, 2.75) is 19.1 Å². The molecule has 2 aromatic rings. The molecule has 5 nitrogen and oxygen atoms in total. The summed E-state index contributed by atoms with van der Waals surface area (Å²) in [5.74, 6) is -0.373. The number of nitrogens with zero attached hydrogens (tertiary/aromatic N) is 1. The fourth-order valence-electron chi connectivity index (χ4n) is 2.60. The van der Waals surface area contributed by atoms with Gasteiger partial charge in [0.25, 0.3) is 0 Å². The maximum atomic E-state index is 13.6. The predicted molar refractivity (Wildman–Crippen MR) is 79.4 cm³/mol. The first kappa shape index (κ1) is 14.6. The van der Waals surface area contributed by atoms with Crippen molar-refractivity contribution in [3.8, 4) is 11.5 Å². The minimum atomic E-state index is -0.396. The molecule has 2 N–H and O–H groups in total. The van der Waals surface area contributed by atoms with Gasteiger partial charge in [0.15, 0.2) is 17.3 Å². The number of halogens is 1. The van der Waals surface area contributed by atoms with E-state index in [1.807, 2.05) is 0 Å². The fourth-order valence-corrected chi connectivity index (χ4v) is 2.60. The van der Waals surface area contributed by atoms with Gasteiger partial charge in [-0.15, -0.1) is 0 Å². The van der Waals surface area contributed by atoms with Crippen molar-refractivity contribution >= 4 is 0 Å². The smallest absolute Gasteiger partial charge is 0.223 e. The van der Waals surface area contributed by atoms with E-state index in [4.69, 9.17) is 4.74 Å². The second-order valence-corrected chi connectivity index (χ2v) is 5.40. The first-order chi connectivity index (χ1) is 10.6. The Kier molecular flexibility index (Phi) is 4.11. The van der Waals surface area contributed by atoms with Crippen molar-refractivity contribution in [3.05, 3.63) is 58.3 Å². The highest BCUT2D eigenvalue weighted by molar-refractivity contribution is 5.24. The lowest BCUT2D eigenvalue weighted by molar-refractivity contribution is 0.190. The molecule has 1 atom stereocenters. The largest absolute Gasteiger partial charge is 0.503 e. The van der Waals surface area contributed by atoms with E-state index in [2.05, 4.69) is 9.88 Å². The number of aromatic hydroxyl groups is 1. The molecule has 0 amide bonds. The van der Waals surface area contributed by atoms with E-state index in [-0.39, 0.29) is 23.4 Å². The summed E-state index contributed by atoms with van der Waals surface area (Å²) in [5, 5.41) is 9.22. The number of hydrogen-bond acceptors (Lipinski definition) is 4. The highest BCUT2D eigenvalue weighted by atomic mass is 19.1. The second kappa shape index (κ2) is 6.19. The minimum Gasteiger partial charge on any atom is -0.503 e. The Balaban J connectivity index is 1.59. The van der Waals surface area contributed by atoms with Crippen molar-refractivity contribution in [3.63, 3.8) is 0 Å². The van der Waals surface area contributed by atoms with Crippen LogP contribution in [0, 0.1) is 5.82 Å². The Hall–Kier alpha value is -2.34. The lowest BCUT2D eigenvalue weighted by Gasteiger charge is -2.17. The summed E-state index contributed by atoms with van der Waals surface area (Å²) in [4.78, 5) is 16.4. The third-order valence-electron chi connectivity index (χ3n) is 3.71. The topological polar surface area (TPSA) is 65.6 Å². The maximum Gasteiger partial charge on any atom is 0.223 e. The standard InChI is InChI=1S/C16H17FN2O3/c17-13-3-1-2-4-16(13)22-12-5-6-19(10-12)9-11-7-14(20)15(21)8-18-11/h1-4,7-8,12,21H,5-6,9-10H2,(H,18,20). The molecular weight excluding hydrogens is 287 g/mol. The number of nitrogens with one attached hydrogen (secondary N) is 1. The number of rotatable bonds is 4. The Labute approximate surface area is 127 Å². The zero-order chi connectivity index (χ0) is 15.5. The molecule has 116 valence electrons. The van der Waals surface area contributed by atoms with Crippen LogP contribution < -0.4 is 10.2 Å². The normalized spacial score (nSPS) is 18.5. The Morgan fingerprint density at radius 2 is 2.23 bits per heavy atom. The predicted octanol–water partition coefficient (Wildman–Crippen LogP) is 1.87. The van der Waals surface area contributed by atoms with Crippen molar-refractivity contribution in [2.24, 2.45) is 0 Å². The summed E-state index contributed by atoms with van der Waals surface area (Å²) in [6, 6.07) is 7.76. The third kappa shape index (κ3) is 3.28. The van der Waals surface area contributed by atoms with Crippen LogP contribution in [0.4, 0.5) is 4.39 Å². The van der Waals surface area contributed by atoms with E-state index in [1.165, 1.54) is 18.3 Å². The van der Waals surface area contributed by atoms with Crippen LogP contribution in [-0.4, -0.2) is 34.2 Å². The van der Waals surface area contributed by atoms with Gasteiger partial charge in [-0.05, 0) is 18.6 Å². The second-order valence-electron chi connectivity index (χ2n) is 5.40. The van der Waals surface area contributed by atoms with Crippen LogP contribution in [-0.2, 0) is 6.54 Å². The van der Waals surface area contributed by atoms with Crippen molar-refractivity contribution in [1.29, 1.82) is 0 Å². The van der Waals surface area contributed by atoms with E-state index < -0.39 is 5.43 Å². The van der Waals surface area contributed by atoms with Crippen LogP contribution in [0.5, 0.6) is 11.5 Å². The van der Waals surface area contributed by atoms with Gasteiger partial charge in [-0.1, -0.05) is 12.1 Å². The van der Waals surface area contributed by atoms with Gasteiger partial charge in [0, 0.05) is 37.6 Å². The highest BCUT2D eigenvalue weighted by Gasteiger charge is 2.25. The van der Waals surface area contributed by atoms with Crippen LogP contribution in [0.2, 0.25) is 0 Å². The summed E-state index contributed by atoms with van der Waals surface area (Å²) in [6.45, 7) is 2.03. The molecule has 0 saturated carbocycles. The molecule has 0 radical (unpaired) electrons. The van der Waals surface area contributed by atoms with Crippen LogP contribution >= 0.6 is 0 Å². The molecule has 0 bridgehead atoms. The molecule has 1 aliphatic rings. The number of likely N-dealkylation sites (tertiary alicyclic amines) is 1. The quantitative estimate of drug-likeness (QED) is 0.905. The molecule has 1 aromatic heterocycles. The molecule has 22 heavy (non-hydrogen) atoms. The number of hydrogen-bond donors (Lipinski definition) is 2. The number of pyridine rings is 1. The number of H-pyrrole nitrogens is 1. The monoisotopic (exact) mass is 304 g/mol. The first-order valence-electron chi connectivity index (χ1n) is 7.16. The van der Waals surface area contributed by atoms with Gasteiger partial charge in [0.05, 0.1) is 0 Å². The highest BCUT2D eigenvalue weighted by Crippen LogP contribution is 2.22. The number of ether oxygens (including phenoxy) is 1. The first-order valence-corrected chi connectivity index (χ1v) is 7.16. The zero-order valence-corrected chi connectivity index (χ0v) is 12.0. The molecule has 1 saturated heterocycles. The molecule has 0 aliphatic carbocycles. The summed E-state index contributed by atoms with van der Waals surface area (Å²) in [6.07, 6.45) is 2.03. The van der Waals surface area contributed by atoms with E-state index in [0.717, 1.165) is 18.7 Å². The average molecular weight is 304 g/mol. The lowest BCUT2D eigenvalue weighted by atomic mass is 10.3. The Morgan fingerprint density at radius 1 is 1.41 bits per heavy atom. The Morgan fingerprint density at radius 3 is 3.00 bits per heavy atom.